The van der Waals surface area contributed by atoms with Crippen molar-refractivity contribution in [2.45, 2.75) is 31.8 Å². The molecule has 0 bridgehead atoms. The van der Waals surface area contributed by atoms with Gasteiger partial charge in [-0.25, -0.2) is 4.79 Å². The van der Waals surface area contributed by atoms with Crippen LogP contribution in [-0.2, 0) is 0 Å². The summed E-state index contributed by atoms with van der Waals surface area (Å²) in [5, 5.41) is 9.15. The lowest BCUT2D eigenvalue weighted by Gasteiger charge is -2.25. The second kappa shape index (κ2) is 5.56. The molecule has 6 heteroatoms. The average molecular weight is 315 g/mol. The van der Waals surface area contributed by atoms with Gasteiger partial charge in [-0.2, -0.15) is 0 Å². The molecule has 1 aromatic rings. The predicted molar refractivity (Wildman–Crippen MR) is 69.8 cm³/mol. The van der Waals surface area contributed by atoms with E-state index in [4.69, 9.17) is 9.84 Å². The molecule has 1 aliphatic rings. The van der Waals surface area contributed by atoms with E-state index in [-0.39, 0.29) is 12.1 Å². The molecular formula is C12H15BrN2O3. The third-order valence-electron chi connectivity index (χ3n) is 3.17. The van der Waals surface area contributed by atoms with E-state index in [2.05, 4.69) is 20.9 Å². The van der Waals surface area contributed by atoms with Crippen molar-refractivity contribution in [1.29, 1.82) is 0 Å². The molecule has 1 N–H and O–H groups in total. The minimum absolute atomic E-state index is 0.0634. The Balaban J connectivity index is 1.98. The van der Waals surface area contributed by atoms with E-state index >= 15 is 0 Å². The summed E-state index contributed by atoms with van der Waals surface area (Å²) < 4.78 is 6.46. The van der Waals surface area contributed by atoms with Gasteiger partial charge in [-0.05, 0) is 41.8 Å². The molecule has 1 fully saturated rings. The quantitative estimate of drug-likeness (QED) is 0.931. The molecule has 1 aliphatic heterocycles. The molecule has 1 saturated heterocycles. The van der Waals surface area contributed by atoms with Gasteiger partial charge in [-0.1, -0.05) is 0 Å². The van der Waals surface area contributed by atoms with Crippen LogP contribution in [0.15, 0.2) is 22.9 Å². The number of carbonyl (C=O) groups is 1. The molecule has 0 unspecified atom stereocenters. The summed E-state index contributed by atoms with van der Waals surface area (Å²) >= 11 is 3.37. The van der Waals surface area contributed by atoms with Crippen LogP contribution in [0.3, 0.4) is 0 Å². The Kier molecular flexibility index (Phi) is 4.06. The van der Waals surface area contributed by atoms with E-state index in [0.29, 0.717) is 12.4 Å². The van der Waals surface area contributed by atoms with Crippen molar-refractivity contribution in [2.75, 3.05) is 6.61 Å². The third-order valence-corrected chi connectivity index (χ3v) is 3.83. The first-order chi connectivity index (χ1) is 8.59. The smallest absolute Gasteiger partial charge is 0.407 e. The molecule has 0 aliphatic carbocycles. The van der Waals surface area contributed by atoms with Crippen molar-refractivity contribution in [1.82, 2.24) is 9.88 Å². The van der Waals surface area contributed by atoms with Crippen LogP contribution in [0.2, 0.25) is 0 Å². The van der Waals surface area contributed by atoms with Gasteiger partial charge in [0.1, 0.15) is 6.61 Å². The molecule has 0 spiro atoms. The predicted octanol–water partition coefficient (Wildman–Crippen LogP) is 2.75. The lowest BCUT2D eigenvalue weighted by atomic mass is 10.2. The number of hydrogen-bond acceptors (Lipinski definition) is 3. The number of carboxylic acid groups (broad SMARTS) is 1. The first-order valence-electron chi connectivity index (χ1n) is 5.83. The van der Waals surface area contributed by atoms with Crippen LogP contribution in [0.25, 0.3) is 0 Å². The Hall–Kier alpha value is -1.30. The van der Waals surface area contributed by atoms with Gasteiger partial charge in [0, 0.05) is 12.2 Å². The third kappa shape index (κ3) is 2.75. The molecule has 0 radical (unpaired) electrons. The molecule has 2 atom stereocenters. The Morgan fingerprint density at radius 1 is 1.67 bits per heavy atom. The van der Waals surface area contributed by atoms with Crippen molar-refractivity contribution in [3.8, 4) is 5.75 Å². The first-order valence-corrected chi connectivity index (χ1v) is 6.62. The maximum Gasteiger partial charge on any atom is 0.407 e. The number of likely N-dealkylation sites (tertiary alicyclic amines) is 1. The normalized spacial score (nSPS) is 23.1. The van der Waals surface area contributed by atoms with Crippen LogP contribution in [-0.4, -0.2) is 39.8 Å². The van der Waals surface area contributed by atoms with Gasteiger partial charge >= 0.3 is 6.09 Å². The topological polar surface area (TPSA) is 62.7 Å². The van der Waals surface area contributed by atoms with Crippen LogP contribution < -0.4 is 4.74 Å². The van der Waals surface area contributed by atoms with E-state index in [9.17, 15) is 4.79 Å². The summed E-state index contributed by atoms with van der Waals surface area (Å²) in [6, 6.07) is 1.78. The van der Waals surface area contributed by atoms with Crippen LogP contribution in [0, 0.1) is 0 Å². The first kappa shape index (κ1) is 13.1. The number of nitrogens with zero attached hydrogens (tertiary/aromatic N) is 2. The molecule has 1 aromatic heterocycles. The van der Waals surface area contributed by atoms with Gasteiger partial charge in [0.15, 0.2) is 5.75 Å². The zero-order valence-electron chi connectivity index (χ0n) is 10.0. The lowest BCUT2D eigenvalue weighted by molar-refractivity contribution is 0.108. The Bertz CT molecular complexity index is 441. The fourth-order valence-electron chi connectivity index (χ4n) is 2.24. The lowest BCUT2D eigenvalue weighted by Crippen LogP contribution is -2.41. The maximum atomic E-state index is 11.1. The summed E-state index contributed by atoms with van der Waals surface area (Å²) in [6.07, 6.45) is 4.13. The van der Waals surface area contributed by atoms with Crippen molar-refractivity contribution >= 4 is 22.0 Å². The molecule has 1 amide bonds. The minimum atomic E-state index is -0.876. The van der Waals surface area contributed by atoms with Crippen LogP contribution in [0.5, 0.6) is 5.75 Å². The van der Waals surface area contributed by atoms with Crippen molar-refractivity contribution < 1.29 is 14.6 Å². The number of amides is 1. The monoisotopic (exact) mass is 314 g/mol. The number of aromatic nitrogens is 1. The van der Waals surface area contributed by atoms with Gasteiger partial charge in [-0.3, -0.25) is 9.88 Å². The largest absolute Gasteiger partial charge is 0.489 e. The zero-order chi connectivity index (χ0) is 13.1. The highest BCUT2D eigenvalue weighted by atomic mass is 79.9. The van der Waals surface area contributed by atoms with Crippen LogP contribution in [0.1, 0.15) is 19.8 Å². The number of halogens is 1. The number of rotatable bonds is 3. The summed E-state index contributed by atoms with van der Waals surface area (Å²) in [7, 11) is 0. The highest BCUT2D eigenvalue weighted by Crippen LogP contribution is 2.27. The zero-order valence-corrected chi connectivity index (χ0v) is 11.6. The minimum Gasteiger partial charge on any atom is -0.489 e. The standard InChI is InChI=1S/C12H15BrN2O3/c1-8-2-3-9(15(8)12(16)17)7-18-11-6-14-5-4-10(11)13/h4-6,8-9H,2-3,7H2,1H3,(H,16,17)/t8-,9-/m1/s1. The fourth-order valence-corrected chi connectivity index (χ4v) is 2.57. The Morgan fingerprint density at radius 2 is 2.44 bits per heavy atom. The SMILES string of the molecule is C[C@@H]1CC[C@H](COc2cnccc2Br)N1C(=O)O. The van der Waals surface area contributed by atoms with Crippen molar-refractivity contribution in [2.24, 2.45) is 0 Å². The second-order valence-electron chi connectivity index (χ2n) is 4.39. The van der Waals surface area contributed by atoms with E-state index in [0.717, 1.165) is 17.3 Å². The van der Waals surface area contributed by atoms with E-state index < -0.39 is 6.09 Å². The highest BCUT2D eigenvalue weighted by molar-refractivity contribution is 9.10. The van der Waals surface area contributed by atoms with Crippen LogP contribution in [0.4, 0.5) is 4.79 Å². The average Bonchev–Trinajstić information content (AvgIpc) is 2.69. The molecule has 0 aromatic carbocycles. The van der Waals surface area contributed by atoms with Crippen molar-refractivity contribution in [3.05, 3.63) is 22.9 Å². The number of hydrogen-bond donors (Lipinski definition) is 1. The Labute approximate surface area is 114 Å². The number of pyridine rings is 1. The number of ether oxygens (including phenoxy) is 1. The molecule has 2 rings (SSSR count). The van der Waals surface area contributed by atoms with Gasteiger partial charge < -0.3 is 9.84 Å². The van der Waals surface area contributed by atoms with Crippen LogP contribution >= 0.6 is 15.9 Å². The molecule has 18 heavy (non-hydrogen) atoms. The van der Waals surface area contributed by atoms with Gasteiger partial charge in [0.25, 0.3) is 0 Å². The summed E-state index contributed by atoms with van der Waals surface area (Å²) in [5.74, 6) is 0.641. The van der Waals surface area contributed by atoms with E-state index in [1.807, 2.05) is 6.92 Å². The maximum absolute atomic E-state index is 11.1. The van der Waals surface area contributed by atoms with Gasteiger partial charge in [-0.15, -0.1) is 0 Å². The molecule has 98 valence electrons. The summed E-state index contributed by atoms with van der Waals surface area (Å²) in [5.41, 5.74) is 0. The Morgan fingerprint density at radius 3 is 3.11 bits per heavy atom. The van der Waals surface area contributed by atoms with Gasteiger partial charge in [0.2, 0.25) is 0 Å². The second-order valence-corrected chi connectivity index (χ2v) is 5.24. The molecule has 0 saturated carbocycles. The molecular weight excluding hydrogens is 300 g/mol. The van der Waals surface area contributed by atoms with Gasteiger partial charge in [0.05, 0.1) is 16.7 Å². The van der Waals surface area contributed by atoms with E-state index in [1.165, 1.54) is 4.90 Å². The summed E-state index contributed by atoms with van der Waals surface area (Å²) in [6.45, 7) is 2.29. The summed E-state index contributed by atoms with van der Waals surface area (Å²) in [4.78, 5) is 16.6. The molecule has 5 nitrogen and oxygen atoms in total. The molecule has 2 heterocycles. The van der Waals surface area contributed by atoms with E-state index in [1.54, 1.807) is 18.5 Å². The highest BCUT2D eigenvalue weighted by Gasteiger charge is 2.34. The van der Waals surface area contributed by atoms with Crippen molar-refractivity contribution in [3.63, 3.8) is 0 Å². The fraction of sp³-hybridized carbons (Fsp3) is 0.500.